The maximum atomic E-state index is 11.0. The second kappa shape index (κ2) is 3.72. The molecule has 1 unspecified atom stereocenters. The lowest BCUT2D eigenvalue weighted by molar-refractivity contribution is -0.122. The summed E-state index contributed by atoms with van der Waals surface area (Å²) >= 11 is 0. The molecule has 0 aliphatic heterocycles. The van der Waals surface area contributed by atoms with Crippen LogP contribution in [-0.2, 0) is 4.79 Å². The molecular weight excluding hydrogens is 140 g/mol. The van der Waals surface area contributed by atoms with Crippen molar-refractivity contribution in [1.29, 1.82) is 0 Å². The Morgan fingerprint density at radius 3 is 2.73 bits per heavy atom. The number of likely N-dealkylation sites (N-methyl/N-ethyl adjacent to an activating group) is 1. The highest BCUT2D eigenvalue weighted by Crippen LogP contribution is 2.27. The van der Waals surface area contributed by atoms with Crippen LogP contribution in [0.1, 0.15) is 19.8 Å². The minimum atomic E-state index is -0.0411. The van der Waals surface area contributed by atoms with Gasteiger partial charge in [0, 0.05) is 7.05 Å². The third-order valence-corrected chi connectivity index (χ3v) is 2.05. The molecule has 0 heterocycles. The van der Waals surface area contributed by atoms with Crippen molar-refractivity contribution in [2.45, 2.75) is 25.8 Å². The van der Waals surface area contributed by atoms with E-state index in [1.165, 1.54) is 12.8 Å². The molecule has 11 heavy (non-hydrogen) atoms. The quantitative estimate of drug-likeness (QED) is 0.607. The summed E-state index contributed by atoms with van der Waals surface area (Å²) in [5.74, 6) is 0.910. The summed E-state index contributed by atoms with van der Waals surface area (Å²) in [6.45, 7) is 2.88. The fourth-order valence-electron chi connectivity index (χ4n) is 0.975. The van der Waals surface area contributed by atoms with E-state index in [9.17, 15) is 4.79 Å². The average molecular weight is 156 g/mol. The van der Waals surface area contributed by atoms with Gasteiger partial charge in [-0.05, 0) is 32.2 Å². The van der Waals surface area contributed by atoms with Crippen LogP contribution in [0.25, 0.3) is 0 Å². The third-order valence-electron chi connectivity index (χ3n) is 2.05. The normalized spacial score (nSPS) is 19.5. The van der Waals surface area contributed by atoms with E-state index in [-0.39, 0.29) is 11.9 Å². The van der Waals surface area contributed by atoms with Gasteiger partial charge in [0.1, 0.15) is 0 Å². The molecule has 0 radical (unpaired) electrons. The van der Waals surface area contributed by atoms with Crippen molar-refractivity contribution in [2.24, 2.45) is 5.92 Å². The second-order valence-electron chi connectivity index (χ2n) is 3.19. The van der Waals surface area contributed by atoms with Crippen LogP contribution in [0.3, 0.4) is 0 Å². The fraction of sp³-hybridized carbons (Fsp3) is 0.875. The van der Waals surface area contributed by atoms with Crippen LogP contribution < -0.4 is 10.6 Å². The van der Waals surface area contributed by atoms with Gasteiger partial charge in [0.15, 0.2) is 0 Å². The molecule has 1 amide bonds. The zero-order chi connectivity index (χ0) is 8.27. The molecule has 1 atom stereocenters. The molecule has 0 bridgehead atoms. The molecule has 0 spiro atoms. The minimum Gasteiger partial charge on any atom is -0.358 e. The summed E-state index contributed by atoms with van der Waals surface area (Å²) in [6.07, 6.45) is 2.65. The van der Waals surface area contributed by atoms with Crippen LogP contribution >= 0.6 is 0 Å². The van der Waals surface area contributed by atoms with E-state index < -0.39 is 0 Å². The lowest BCUT2D eigenvalue weighted by atomic mass is 10.3. The molecule has 1 saturated carbocycles. The van der Waals surface area contributed by atoms with E-state index >= 15 is 0 Å². The van der Waals surface area contributed by atoms with Crippen LogP contribution in [-0.4, -0.2) is 25.5 Å². The summed E-state index contributed by atoms with van der Waals surface area (Å²) in [6, 6.07) is -0.0411. The predicted octanol–water partition coefficient (Wildman–Crippen LogP) is 0.120. The summed E-state index contributed by atoms with van der Waals surface area (Å²) in [4.78, 5) is 11.0. The molecule has 1 rings (SSSR count). The van der Waals surface area contributed by atoms with Gasteiger partial charge in [-0.2, -0.15) is 0 Å². The zero-order valence-electron chi connectivity index (χ0n) is 7.18. The number of hydrogen-bond donors (Lipinski definition) is 2. The van der Waals surface area contributed by atoms with Crippen LogP contribution in [0, 0.1) is 5.92 Å². The van der Waals surface area contributed by atoms with Crippen molar-refractivity contribution in [1.82, 2.24) is 10.6 Å². The summed E-state index contributed by atoms with van der Waals surface area (Å²) < 4.78 is 0. The second-order valence-corrected chi connectivity index (χ2v) is 3.19. The van der Waals surface area contributed by atoms with Crippen molar-refractivity contribution in [3.05, 3.63) is 0 Å². The SMILES string of the molecule is CNC(=O)C(C)NCC1CC1. The van der Waals surface area contributed by atoms with E-state index in [1.807, 2.05) is 6.92 Å². The smallest absolute Gasteiger partial charge is 0.236 e. The number of rotatable bonds is 4. The molecule has 64 valence electrons. The first-order chi connectivity index (χ1) is 5.24. The molecule has 3 heteroatoms. The molecular formula is C8H16N2O. The van der Waals surface area contributed by atoms with Crippen molar-refractivity contribution in [3.63, 3.8) is 0 Å². The molecule has 1 aliphatic carbocycles. The summed E-state index contributed by atoms with van der Waals surface area (Å²) in [5, 5.41) is 5.79. The van der Waals surface area contributed by atoms with Crippen molar-refractivity contribution in [3.8, 4) is 0 Å². The van der Waals surface area contributed by atoms with Gasteiger partial charge >= 0.3 is 0 Å². The van der Waals surface area contributed by atoms with Crippen molar-refractivity contribution < 1.29 is 4.79 Å². The van der Waals surface area contributed by atoms with Gasteiger partial charge in [0.25, 0.3) is 0 Å². The summed E-state index contributed by atoms with van der Waals surface area (Å²) in [5.41, 5.74) is 0. The third kappa shape index (κ3) is 2.89. The van der Waals surface area contributed by atoms with Crippen LogP contribution in [0.5, 0.6) is 0 Å². The van der Waals surface area contributed by atoms with Gasteiger partial charge < -0.3 is 10.6 Å². The molecule has 3 nitrogen and oxygen atoms in total. The van der Waals surface area contributed by atoms with Crippen LogP contribution in [0.2, 0.25) is 0 Å². The monoisotopic (exact) mass is 156 g/mol. The van der Waals surface area contributed by atoms with E-state index in [1.54, 1.807) is 7.05 Å². The molecule has 1 fully saturated rings. The van der Waals surface area contributed by atoms with Crippen molar-refractivity contribution in [2.75, 3.05) is 13.6 Å². The maximum absolute atomic E-state index is 11.0. The average Bonchev–Trinajstić information content (AvgIpc) is 2.81. The fourth-order valence-corrected chi connectivity index (χ4v) is 0.975. The Hall–Kier alpha value is -0.570. The van der Waals surface area contributed by atoms with Gasteiger partial charge in [0.2, 0.25) is 5.91 Å². The summed E-state index contributed by atoms with van der Waals surface area (Å²) in [7, 11) is 1.66. The number of hydrogen-bond acceptors (Lipinski definition) is 2. The Morgan fingerprint density at radius 2 is 2.27 bits per heavy atom. The zero-order valence-corrected chi connectivity index (χ0v) is 7.18. The van der Waals surface area contributed by atoms with Gasteiger partial charge in [-0.15, -0.1) is 0 Å². The maximum Gasteiger partial charge on any atom is 0.236 e. The lowest BCUT2D eigenvalue weighted by Gasteiger charge is -2.10. The van der Waals surface area contributed by atoms with Gasteiger partial charge in [-0.1, -0.05) is 0 Å². The Bertz CT molecular complexity index is 143. The number of nitrogens with one attached hydrogen (secondary N) is 2. The predicted molar refractivity (Wildman–Crippen MR) is 44.3 cm³/mol. The van der Waals surface area contributed by atoms with Crippen LogP contribution in [0.4, 0.5) is 0 Å². The minimum absolute atomic E-state index is 0.0411. The highest BCUT2D eigenvalue weighted by atomic mass is 16.2. The molecule has 2 N–H and O–H groups in total. The Labute approximate surface area is 67.5 Å². The molecule has 1 aliphatic rings. The Morgan fingerprint density at radius 1 is 1.64 bits per heavy atom. The molecule has 0 aromatic heterocycles. The van der Waals surface area contributed by atoms with E-state index in [0.29, 0.717) is 0 Å². The highest BCUT2D eigenvalue weighted by Gasteiger charge is 2.22. The highest BCUT2D eigenvalue weighted by molar-refractivity contribution is 5.80. The molecule has 0 aromatic rings. The number of carbonyl (C=O) groups excluding carboxylic acids is 1. The van der Waals surface area contributed by atoms with E-state index in [2.05, 4.69) is 10.6 Å². The lowest BCUT2D eigenvalue weighted by Crippen LogP contribution is -2.41. The Kier molecular flexibility index (Phi) is 2.88. The first-order valence-electron chi connectivity index (χ1n) is 4.19. The van der Waals surface area contributed by atoms with Gasteiger partial charge in [-0.25, -0.2) is 0 Å². The standard InChI is InChI=1S/C8H16N2O/c1-6(8(11)9-2)10-5-7-3-4-7/h6-7,10H,3-5H2,1-2H3,(H,9,11). The number of carbonyl (C=O) groups is 1. The first-order valence-corrected chi connectivity index (χ1v) is 4.19. The largest absolute Gasteiger partial charge is 0.358 e. The van der Waals surface area contributed by atoms with Crippen molar-refractivity contribution >= 4 is 5.91 Å². The van der Waals surface area contributed by atoms with E-state index in [0.717, 1.165) is 12.5 Å². The molecule has 0 saturated heterocycles. The van der Waals surface area contributed by atoms with Gasteiger partial charge in [-0.3, -0.25) is 4.79 Å². The number of amides is 1. The van der Waals surface area contributed by atoms with Gasteiger partial charge in [0.05, 0.1) is 6.04 Å². The first kappa shape index (κ1) is 8.53. The van der Waals surface area contributed by atoms with E-state index in [4.69, 9.17) is 0 Å². The molecule has 0 aromatic carbocycles. The van der Waals surface area contributed by atoms with Crippen LogP contribution in [0.15, 0.2) is 0 Å². The Balaban J connectivity index is 2.08. The topological polar surface area (TPSA) is 41.1 Å².